The first-order valence-corrected chi connectivity index (χ1v) is 6.92. The third kappa shape index (κ3) is 4.00. The summed E-state index contributed by atoms with van der Waals surface area (Å²) in [6.07, 6.45) is 3.28. The fourth-order valence-corrected chi connectivity index (χ4v) is 2.07. The van der Waals surface area contributed by atoms with Crippen LogP contribution in [0.3, 0.4) is 0 Å². The van der Waals surface area contributed by atoms with Crippen molar-refractivity contribution in [3.8, 4) is 0 Å². The van der Waals surface area contributed by atoms with Crippen LogP contribution in [0.2, 0.25) is 5.02 Å². The molecule has 2 rings (SSSR count). The first-order chi connectivity index (χ1) is 9.97. The molecule has 0 spiro atoms. The Balaban J connectivity index is 1.98. The molecule has 1 unspecified atom stereocenters. The number of nitrogens with one attached hydrogen (secondary N) is 1. The fraction of sp³-hybridized carbons (Fsp3) is 0.267. The van der Waals surface area contributed by atoms with Crippen molar-refractivity contribution < 1.29 is 9.21 Å². The van der Waals surface area contributed by atoms with E-state index in [1.54, 1.807) is 30.7 Å². The monoisotopic (exact) mass is 307 g/mol. The van der Waals surface area contributed by atoms with Crippen molar-refractivity contribution >= 4 is 28.9 Å². The molecule has 0 aliphatic heterocycles. The highest BCUT2D eigenvalue weighted by atomic mass is 35.5. The minimum absolute atomic E-state index is 0.130. The standard InChI is InChI=1S/C15H18ClN3O2/c1-10(19(2)8-11-5-6-21-9-11)15(20)18-14-4-3-12(16)7-13(14)17/h3-7,9-10H,8,17H2,1-2H3,(H,18,20). The molecule has 21 heavy (non-hydrogen) atoms. The second-order valence-electron chi connectivity index (χ2n) is 4.94. The summed E-state index contributed by atoms with van der Waals surface area (Å²) < 4.78 is 5.02. The lowest BCUT2D eigenvalue weighted by atomic mass is 10.2. The van der Waals surface area contributed by atoms with Gasteiger partial charge in [-0.1, -0.05) is 11.6 Å². The SMILES string of the molecule is CC(C(=O)Nc1ccc(Cl)cc1N)N(C)Cc1ccoc1. The van der Waals surface area contributed by atoms with Crippen LogP contribution in [0.5, 0.6) is 0 Å². The summed E-state index contributed by atoms with van der Waals surface area (Å²) in [5.74, 6) is -0.130. The molecule has 2 aromatic rings. The van der Waals surface area contributed by atoms with Crippen molar-refractivity contribution in [3.63, 3.8) is 0 Å². The number of halogens is 1. The van der Waals surface area contributed by atoms with Gasteiger partial charge >= 0.3 is 0 Å². The molecular formula is C15H18ClN3O2. The second kappa shape index (κ2) is 6.65. The molecule has 1 atom stereocenters. The predicted octanol–water partition coefficient (Wildman–Crippen LogP) is 2.97. The number of hydrogen-bond donors (Lipinski definition) is 2. The van der Waals surface area contributed by atoms with Gasteiger partial charge in [0.2, 0.25) is 5.91 Å². The van der Waals surface area contributed by atoms with Crippen molar-refractivity contribution in [1.82, 2.24) is 4.90 Å². The Hall–Kier alpha value is -1.98. The zero-order valence-corrected chi connectivity index (χ0v) is 12.7. The maximum atomic E-state index is 12.3. The van der Waals surface area contributed by atoms with Crippen molar-refractivity contribution in [1.29, 1.82) is 0 Å². The Kier molecular flexibility index (Phi) is 4.88. The van der Waals surface area contributed by atoms with E-state index < -0.39 is 0 Å². The molecule has 1 aromatic carbocycles. The van der Waals surface area contributed by atoms with Gasteiger partial charge in [0.05, 0.1) is 29.9 Å². The molecule has 0 radical (unpaired) electrons. The van der Waals surface area contributed by atoms with Crippen LogP contribution in [0.1, 0.15) is 12.5 Å². The minimum Gasteiger partial charge on any atom is -0.472 e. The quantitative estimate of drug-likeness (QED) is 0.833. The number of furan rings is 1. The van der Waals surface area contributed by atoms with Gasteiger partial charge in [-0.3, -0.25) is 9.69 Å². The number of rotatable bonds is 5. The predicted molar refractivity (Wildman–Crippen MR) is 84.1 cm³/mol. The van der Waals surface area contributed by atoms with Gasteiger partial charge in [-0.15, -0.1) is 0 Å². The molecule has 1 amide bonds. The average molecular weight is 308 g/mol. The molecule has 0 saturated heterocycles. The van der Waals surface area contributed by atoms with Gasteiger partial charge in [-0.25, -0.2) is 0 Å². The maximum Gasteiger partial charge on any atom is 0.241 e. The van der Waals surface area contributed by atoms with E-state index in [9.17, 15) is 4.79 Å². The second-order valence-corrected chi connectivity index (χ2v) is 5.38. The number of nitrogens with two attached hydrogens (primary N) is 1. The first kappa shape index (κ1) is 15.4. The van der Waals surface area contributed by atoms with E-state index in [0.29, 0.717) is 22.9 Å². The molecule has 0 aliphatic rings. The summed E-state index contributed by atoms with van der Waals surface area (Å²) in [6.45, 7) is 2.46. The molecule has 3 N–H and O–H groups in total. The topological polar surface area (TPSA) is 71.5 Å². The van der Waals surface area contributed by atoms with Crippen molar-refractivity contribution in [3.05, 3.63) is 47.4 Å². The normalized spacial score (nSPS) is 12.4. The van der Waals surface area contributed by atoms with Crippen LogP contribution < -0.4 is 11.1 Å². The Labute approximate surface area is 128 Å². The summed E-state index contributed by atoms with van der Waals surface area (Å²) in [6, 6.07) is 6.55. The molecule has 1 heterocycles. The zero-order chi connectivity index (χ0) is 15.4. The van der Waals surface area contributed by atoms with Gasteiger partial charge in [0, 0.05) is 17.1 Å². The van der Waals surface area contributed by atoms with Crippen molar-refractivity contribution in [2.24, 2.45) is 0 Å². The number of hydrogen-bond acceptors (Lipinski definition) is 4. The van der Waals surface area contributed by atoms with E-state index in [0.717, 1.165) is 5.56 Å². The largest absolute Gasteiger partial charge is 0.472 e. The Morgan fingerprint density at radius 1 is 1.48 bits per heavy atom. The molecule has 1 aromatic heterocycles. The fourth-order valence-electron chi connectivity index (χ4n) is 1.89. The highest BCUT2D eigenvalue weighted by Gasteiger charge is 2.19. The number of nitrogens with zero attached hydrogens (tertiary/aromatic N) is 1. The molecule has 0 aliphatic carbocycles. The lowest BCUT2D eigenvalue weighted by Gasteiger charge is -2.23. The van der Waals surface area contributed by atoms with E-state index >= 15 is 0 Å². The van der Waals surface area contributed by atoms with Crippen molar-refractivity contribution in [2.75, 3.05) is 18.1 Å². The minimum atomic E-state index is -0.310. The lowest BCUT2D eigenvalue weighted by molar-refractivity contribution is -0.120. The summed E-state index contributed by atoms with van der Waals surface area (Å²) in [7, 11) is 1.88. The van der Waals surface area contributed by atoms with Gasteiger partial charge in [0.1, 0.15) is 0 Å². The van der Waals surface area contributed by atoms with Crippen LogP contribution in [0.4, 0.5) is 11.4 Å². The first-order valence-electron chi connectivity index (χ1n) is 6.54. The Morgan fingerprint density at radius 2 is 2.24 bits per heavy atom. The smallest absolute Gasteiger partial charge is 0.241 e. The van der Waals surface area contributed by atoms with Crippen LogP contribution in [-0.4, -0.2) is 23.9 Å². The molecule has 0 fully saturated rings. The number of likely N-dealkylation sites (N-methyl/N-ethyl adjacent to an activating group) is 1. The zero-order valence-electron chi connectivity index (χ0n) is 12.0. The van der Waals surface area contributed by atoms with Crippen LogP contribution in [0.25, 0.3) is 0 Å². The lowest BCUT2D eigenvalue weighted by Crippen LogP contribution is -2.39. The number of carbonyl (C=O) groups excluding carboxylic acids is 1. The van der Waals surface area contributed by atoms with Crippen LogP contribution >= 0.6 is 11.6 Å². The van der Waals surface area contributed by atoms with Gasteiger partial charge < -0.3 is 15.5 Å². The molecule has 6 heteroatoms. The number of nitrogen functional groups attached to an aromatic ring is 1. The number of amides is 1. The molecule has 112 valence electrons. The van der Waals surface area contributed by atoms with E-state index in [-0.39, 0.29) is 11.9 Å². The molecular weight excluding hydrogens is 290 g/mol. The molecule has 0 bridgehead atoms. The summed E-state index contributed by atoms with van der Waals surface area (Å²) >= 11 is 5.84. The van der Waals surface area contributed by atoms with Crippen LogP contribution in [0.15, 0.2) is 41.2 Å². The van der Waals surface area contributed by atoms with E-state index in [1.165, 1.54) is 0 Å². The molecule has 5 nitrogen and oxygen atoms in total. The van der Waals surface area contributed by atoms with Gasteiger partial charge in [-0.2, -0.15) is 0 Å². The van der Waals surface area contributed by atoms with Gasteiger partial charge in [0.25, 0.3) is 0 Å². The number of carbonyl (C=O) groups is 1. The highest BCUT2D eigenvalue weighted by Crippen LogP contribution is 2.23. The third-order valence-corrected chi connectivity index (χ3v) is 3.56. The van der Waals surface area contributed by atoms with E-state index in [2.05, 4.69) is 5.32 Å². The highest BCUT2D eigenvalue weighted by molar-refractivity contribution is 6.31. The number of benzene rings is 1. The van der Waals surface area contributed by atoms with Crippen molar-refractivity contribution in [2.45, 2.75) is 19.5 Å². The van der Waals surface area contributed by atoms with Crippen LogP contribution in [-0.2, 0) is 11.3 Å². The summed E-state index contributed by atoms with van der Waals surface area (Å²) in [4.78, 5) is 14.2. The number of anilines is 2. The molecule has 0 saturated carbocycles. The summed E-state index contributed by atoms with van der Waals surface area (Å²) in [5, 5.41) is 3.35. The van der Waals surface area contributed by atoms with Gasteiger partial charge in [0.15, 0.2) is 0 Å². The Bertz CT molecular complexity index is 613. The van der Waals surface area contributed by atoms with Gasteiger partial charge in [-0.05, 0) is 38.2 Å². The average Bonchev–Trinajstić information content (AvgIpc) is 2.93. The third-order valence-electron chi connectivity index (χ3n) is 3.32. The van der Waals surface area contributed by atoms with E-state index in [4.69, 9.17) is 21.8 Å². The maximum absolute atomic E-state index is 12.3. The van der Waals surface area contributed by atoms with E-state index in [1.807, 2.05) is 24.9 Å². The Morgan fingerprint density at radius 3 is 2.86 bits per heavy atom. The summed E-state index contributed by atoms with van der Waals surface area (Å²) in [5.41, 5.74) is 7.86. The van der Waals surface area contributed by atoms with Crippen LogP contribution in [0, 0.1) is 0 Å².